The van der Waals surface area contributed by atoms with Gasteiger partial charge >= 0.3 is 0 Å². The molecule has 3 nitrogen and oxygen atoms in total. The highest BCUT2D eigenvalue weighted by molar-refractivity contribution is 6.37. The second-order valence-corrected chi connectivity index (χ2v) is 12.3. The summed E-state index contributed by atoms with van der Waals surface area (Å²) in [6.07, 6.45) is 0. The van der Waals surface area contributed by atoms with E-state index in [1.165, 1.54) is 0 Å². The largest absolute Gasteiger partial charge is 0.457 e. The molecule has 4 heteroatoms. The van der Waals surface area contributed by atoms with Gasteiger partial charge in [0.05, 0.1) is 16.8 Å². The highest BCUT2D eigenvalue weighted by Gasteiger charge is 2.52. The maximum absolute atomic E-state index is 14.8. The van der Waals surface area contributed by atoms with Gasteiger partial charge < -0.3 is 4.74 Å². The average Bonchev–Trinajstić information content (AvgIpc) is 3.15. The van der Waals surface area contributed by atoms with Crippen molar-refractivity contribution < 1.29 is 9.53 Å². The molecular formula is C44H28BNO2. The minimum atomic E-state index is -0.815. The minimum absolute atomic E-state index is 0.181. The Bertz CT molecular complexity index is 2230. The lowest BCUT2D eigenvalue weighted by molar-refractivity contribution is 0.0999. The molecule has 1 spiro atoms. The monoisotopic (exact) mass is 613 g/mol. The number of rotatable bonds is 3. The van der Waals surface area contributed by atoms with Gasteiger partial charge in [-0.3, -0.25) is 9.69 Å². The Hall–Kier alpha value is -6.13. The summed E-state index contributed by atoms with van der Waals surface area (Å²) in [5, 5.41) is 0. The number of ether oxygens (including phenoxy) is 1. The molecule has 0 aromatic heterocycles. The van der Waals surface area contributed by atoms with E-state index < -0.39 is 5.41 Å². The predicted molar refractivity (Wildman–Crippen MR) is 194 cm³/mol. The molecule has 0 N–H and O–H groups in total. The first kappa shape index (κ1) is 28.1. The number of hydrogen-bond acceptors (Lipinski definition) is 2. The Morgan fingerprint density at radius 2 is 0.938 bits per heavy atom. The Morgan fingerprint density at radius 3 is 1.46 bits per heavy atom. The lowest BCUT2D eigenvalue weighted by Crippen LogP contribution is -2.43. The number of fused-ring (bicyclic) bond motifs is 8. The van der Waals surface area contributed by atoms with Gasteiger partial charge in [0.25, 0.3) is 5.91 Å². The van der Waals surface area contributed by atoms with Crippen LogP contribution in [0.4, 0.5) is 11.4 Å². The molecule has 2 aliphatic rings. The number of benzene rings is 7. The summed E-state index contributed by atoms with van der Waals surface area (Å²) in [6.45, 7) is 0. The zero-order valence-corrected chi connectivity index (χ0v) is 26.0. The van der Waals surface area contributed by atoms with E-state index in [0.29, 0.717) is 11.0 Å². The Morgan fingerprint density at radius 1 is 0.479 bits per heavy atom. The second-order valence-electron chi connectivity index (χ2n) is 12.3. The van der Waals surface area contributed by atoms with Crippen molar-refractivity contribution in [2.75, 3.05) is 4.90 Å². The van der Waals surface area contributed by atoms with Gasteiger partial charge in [-0.15, -0.1) is 0 Å². The van der Waals surface area contributed by atoms with Crippen molar-refractivity contribution >= 4 is 30.6 Å². The molecule has 7 aromatic carbocycles. The zero-order valence-electron chi connectivity index (χ0n) is 26.0. The molecular weight excluding hydrogens is 585 g/mol. The Kier molecular flexibility index (Phi) is 6.44. The molecule has 0 bridgehead atoms. The molecule has 2 radical (unpaired) electrons. The van der Waals surface area contributed by atoms with Crippen LogP contribution in [0.5, 0.6) is 11.5 Å². The third-order valence-electron chi connectivity index (χ3n) is 9.69. The molecule has 0 atom stereocenters. The van der Waals surface area contributed by atoms with Crippen molar-refractivity contribution in [2.45, 2.75) is 5.41 Å². The lowest BCUT2D eigenvalue weighted by Gasteiger charge is -2.48. The van der Waals surface area contributed by atoms with Crippen molar-refractivity contribution in [3.8, 4) is 33.8 Å². The van der Waals surface area contributed by atoms with E-state index in [9.17, 15) is 4.79 Å². The molecule has 224 valence electrons. The van der Waals surface area contributed by atoms with Crippen molar-refractivity contribution in [3.63, 3.8) is 0 Å². The van der Waals surface area contributed by atoms with Crippen molar-refractivity contribution in [3.05, 3.63) is 198 Å². The topological polar surface area (TPSA) is 29.5 Å². The van der Waals surface area contributed by atoms with Crippen LogP contribution in [0.3, 0.4) is 0 Å². The van der Waals surface area contributed by atoms with Gasteiger partial charge in [-0.05, 0) is 69.8 Å². The highest BCUT2D eigenvalue weighted by Crippen LogP contribution is 2.62. The quantitative estimate of drug-likeness (QED) is 0.186. The van der Waals surface area contributed by atoms with Gasteiger partial charge in [-0.25, -0.2) is 0 Å². The van der Waals surface area contributed by atoms with Crippen LogP contribution >= 0.6 is 0 Å². The van der Waals surface area contributed by atoms with Crippen LogP contribution in [0.15, 0.2) is 170 Å². The zero-order chi connectivity index (χ0) is 32.2. The third-order valence-corrected chi connectivity index (χ3v) is 9.69. The maximum Gasteiger partial charge on any atom is 0.262 e. The van der Waals surface area contributed by atoms with E-state index >= 15 is 0 Å². The summed E-state index contributed by atoms with van der Waals surface area (Å²) < 4.78 is 6.63. The van der Waals surface area contributed by atoms with Gasteiger partial charge in [-0.2, -0.15) is 0 Å². The first-order chi connectivity index (χ1) is 23.6. The van der Waals surface area contributed by atoms with Crippen LogP contribution in [-0.4, -0.2) is 13.8 Å². The Balaban J connectivity index is 1.44. The van der Waals surface area contributed by atoms with Crippen LogP contribution in [0.1, 0.15) is 32.6 Å². The van der Waals surface area contributed by atoms with Crippen LogP contribution in [0, 0.1) is 0 Å². The van der Waals surface area contributed by atoms with Crippen LogP contribution in [0.2, 0.25) is 0 Å². The van der Waals surface area contributed by atoms with E-state index in [4.69, 9.17) is 12.6 Å². The number of hydrogen-bond donors (Lipinski definition) is 0. The van der Waals surface area contributed by atoms with Crippen LogP contribution < -0.4 is 15.1 Å². The smallest absolute Gasteiger partial charge is 0.262 e. The number of amides is 1. The number of anilines is 2. The van der Waals surface area contributed by atoms with Gasteiger partial charge in [-0.1, -0.05) is 139 Å². The summed E-state index contributed by atoms with van der Waals surface area (Å²) in [4.78, 5) is 16.7. The minimum Gasteiger partial charge on any atom is -0.457 e. The molecule has 0 saturated heterocycles. The molecule has 0 unspecified atom stereocenters. The fourth-order valence-electron chi connectivity index (χ4n) is 7.56. The van der Waals surface area contributed by atoms with E-state index in [1.807, 2.05) is 53.4 Å². The van der Waals surface area contributed by atoms with Crippen LogP contribution in [-0.2, 0) is 5.41 Å². The van der Waals surface area contributed by atoms with Gasteiger partial charge in [0.2, 0.25) is 0 Å². The normalized spacial score (nSPS) is 13.5. The van der Waals surface area contributed by atoms with Crippen molar-refractivity contribution in [2.24, 2.45) is 0 Å². The fourth-order valence-corrected chi connectivity index (χ4v) is 7.56. The molecule has 48 heavy (non-hydrogen) atoms. The Labute approximate surface area is 281 Å². The van der Waals surface area contributed by atoms with E-state index in [0.717, 1.165) is 67.4 Å². The number of carbonyl (C=O) groups excluding carboxylic acids is 1. The number of nitrogens with zero attached hydrogens (tertiary/aromatic N) is 1. The van der Waals surface area contributed by atoms with Crippen LogP contribution in [0.25, 0.3) is 22.3 Å². The molecule has 7 aromatic rings. The predicted octanol–water partition coefficient (Wildman–Crippen LogP) is 9.59. The summed E-state index contributed by atoms with van der Waals surface area (Å²) >= 11 is 0. The van der Waals surface area contributed by atoms with E-state index in [2.05, 4.69) is 109 Å². The summed E-state index contributed by atoms with van der Waals surface area (Å²) in [5.41, 5.74) is 10.0. The standard InChI is InChI=1S/C44H28BNO2/c45-38-20-10-7-17-33(38)43(47)46-39-25-23-31(29-13-3-1-4-14-29)27-36(39)44(37-28-32(24-26-40(37)46)30-15-5-2-6-16-30)34-18-8-11-21-41(34)48-42-22-12-9-19-35(42)44/h1-28H. The second kappa shape index (κ2) is 11.0. The fraction of sp³-hybridized carbons (Fsp3) is 0.0227. The molecule has 0 aliphatic carbocycles. The molecule has 1 amide bonds. The van der Waals surface area contributed by atoms with Crippen molar-refractivity contribution in [1.82, 2.24) is 0 Å². The van der Waals surface area contributed by atoms with Gasteiger partial charge in [0.15, 0.2) is 0 Å². The van der Waals surface area contributed by atoms with E-state index in [-0.39, 0.29) is 5.91 Å². The summed E-state index contributed by atoms with van der Waals surface area (Å²) in [7, 11) is 6.47. The molecule has 0 saturated carbocycles. The molecule has 0 fully saturated rings. The average molecular weight is 614 g/mol. The number of para-hydroxylation sites is 2. The van der Waals surface area contributed by atoms with Gasteiger partial charge in [0.1, 0.15) is 19.3 Å². The number of carbonyl (C=O) groups is 1. The highest BCUT2D eigenvalue weighted by atomic mass is 16.5. The van der Waals surface area contributed by atoms with E-state index in [1.54, 1.807) is 12.1 Å². The first-order valence-corrected chi connectivity index (χ1v) is 16.1. The van der Waals surface area contributed by atoms with Gasteiger partial charge in [0, 0.05) is 16.7 Å². The SMILES string of the molecule is [B]c1ccccc1C(=O)N1c2ccc(-c3ccccc3)cc2C2(c3ccccc3Oc3ccccc32)c2cc(-c3ccccc3)ccc21. The molecule has 2 heterocycles. The third kappa shape index (κ3) is 4.12. The molecule has 2 aliphatic heterocycles. The first-order valence-electron chi connectivity index (χ1n) is 16.1. The van der Waals surface area contributed by atoms with Crippen molar-refractivity contribution in [1.29, 1.82) is 0 Å². The maximum atomic E-state index is 14.8. The summed E-state index contributed by atoms with van der Waals surface area (Å²) in [6, 6.07) is 57.5. The summed E-state index contributed by atoms with van der Waals surface area (Å²) in [5.74, 6) is 1.39. The lowest BCUT2D eigenvalue weighted by atomic mass is 9.60. The molecule has 9 rings (SSSR count).